The number of rotatable bonds is 4. The van der Waals surface area contributed by atoms with E-state index in [0.29, 0.717) is 5.92 Å². The first-order valence-corrected chi connectivity index (χ1v) is 6.18. The zero-order valence-electron chi connectivity index (χ0n) is 7.51. The highest BCUT2D eigenvalue weighted by Gasteiger charge is 2.04. The summed E-state index contributed by atoms with van der Waals surface area (Å²) in [5.74, 6) is 0.577. The van der Waals surface area contributed by atoms with Crippen molar-refractivity contribution in [2.45, 2.75) is 32.6 Å². The Morgan fingerprint density at radius 1 is 1.58 bits per heavy atom. The van der Waals surface area contributed by atoms with E-state index >= 15 is 0 Å². The van der Waals surface area contributed by atoms with Crippen molar-refractivity contribution in [2.75, 3.05) is 5.33 Å². The van der Waals surface area contributed by atoms with E-state index in [2.05, 4.69) is 34.8 Å². The monoisotopic (exact) mass is 247 g/mol. The first kappa shape index (κ1) is 10.2. The van der Waals surface area contributed by atoms with Crippen LogP contribution >= 0.6 is 27.3 Å². The Hall–Kier alpha value is 0.110. The molecule has 1 aromatic heterocycles. The first-order valence-electron chi connectivity index (χ1n) is 4.24. The molecule has 0 N–H and O–H groups in total. The van der Waals surface area contributed by atoms with Gasteiger partial charge in [0.1, 0.15) is 0 Å². The van der Waals surface area contributed by atoms with Gasteiger partial charge in [0.2, 0.25) is 0 Å². The Balaban J connectivity index is 2.52. The van der Waals surface area contributed by atoms with Crippen molar-refractivity contribution in [1.29, 1.82) is 0 Å². The van der Waals surface area contributed by atoms with Gasteiger partial charge in [-0.25, -0.2) is 4.98 Å². The van der Waals surface area contributed by atoms with E-state index in [4.69, 9.17) is 0 Å². The third-order valence-electron chi connectivity index (χ3n) is 1.62. The molecule has 0 aromatic carbocycles. The lowest BCUT2D eigenvalue weighted by molar-refractivity contribution is 0.852. The van der Waals surface area contributed by atoms with E-state index in [9.17, 15) is 0 Å². The number of thiazole rings is 1. The summed E-state index contributed by atoms with van der Waals surface area (Å²) in [4.78, 5) is 5.79. The van der Waals surface area contributed by atoms with Crippen LogP contribution in [0.25, 0.3) is 0 Å². The molecule has 1 heterocycles. The average Bonchev–Trinajstić information content (AvgIpc) is 2.48. The molecule has 3 heteroatoms. The maximum atomic E-state index is 4.37. The van der Waals surface area contributed by atoms with Crippen LogP contribution in [-0.2, 0) is 6.42 Å². The molecule has 1 aromatic rings. The van der Waals surface area contributed by atoms with Crippen molar-refractivity contribution in [1.82, 2.24) is 4.98 Å². The van der Waals surface area contributed by atoms with Gasteiger partial charge in [-0.15, -0.1) is 11.3 Å². The molecule has 0 bridgehead atoms. The lowest BCUT2D eigenvalue weighted by Crippen LogP contribution is -1.82. The van der Waals surface area contributed by atoms with Crippen molar-refractivity contribution >= 4 is 27.3 Å². The van der Waals surface area contributed by atoms with E-state index in [0.717, 1.165) is 11.8 Å². The predicted octanol–water partition coefficient (Wildman–Crippen LogP) is 3.59. The normalized spacial score (nSPS) is 11.0. The summed E-state index contributed by atoms with van der Waals surface area (Å²) in [6, 6.07) is 0. The minimum Gasteiger partial charge on any atom is -0.249 e. The number of halogens is 1. The maximum Gasteiger partial charge on any atom is 0.0953 e. The molecule has 0 saturated carbocycles. The predicted molar refractivity (Wildman–Crippen MR) is 58.3 cm³/mol. The summed E-state index contributed by atoms with van der Waals surface area (Å²) in [5, 5.41) is 2.35. The first-order chi connectivity index (χ1) is 5.74. The molecule has 0 radical (unpaired) electrons. The quantitative estimate of drug-likeness (QED) is 0.742. The number of hydrogen-bond donors (Lipinski definition) is 0. The average molecular weight is 248 g/mol. The van der Waals surface area contributed by atoms with Gasteiger partial charge in [-0.2, -0.15) is 0 Å². The molecule has 68 valence electrons. The van der Waals surface area contributed by atoms with Crippen LogP contribution < -0.4 is 0 Å². The molecule has 1 rings (SSSR count). The van der Waals surface area contributed by atoms with Crippen molar-refractivity contribution < 1.29 is 0 Å². The molecule has 0 aliphatic heterocycles. The van der Waals surface area contributed by atoms with Gasteiger partial charge in [-0.1, -0.05) is 29.8 Å². The van der Waals surface area contributed by atoms with E-state index < -0.39 is 0 Å². The van der Waals surface area contributed by atoms with Crippen molar-refractivity contribution in [2.24, 2.45) is 0 Å². The lowest BCUT2D eigenvalue weighted by atomic mass is 10.2. The van der Waals surface area contributed by atoms with Crippen molar-refractivity contribution in [3.63, 3.8) is 0 Å². The molecule has 0 spiro atoms. The van der Waals surface area contributed by atoms with Gasteiger partial charge < -0.3 is 0 Å². The minimum absolute atomic E-state index is 0.577. The Kier molecular flexibility index (Phi) is 4.22. The van der Waals surface area contributed by atoms with Gasteiger partial charge >= 0.3 is 0 Å². The second kappa shape index (κ2) is 4.97. The van der Waals surface area contributed by atoms with Crippen molar-refractivity contribution in [3.05, 3.63) is 16.1 Å². The minimum atomic E-state index is 0.577. The molecular weight excluding hydrogens is 234 g/mol. The lowest BCUT2D eigenvalue weighted by Gasteiger charge is -1.95. The van der Waals surface area contributed by atoms with E-state index in [1.807, 2.05) is 17.5 Å². The summed E-state index contributed by atoms with van der Waals surface area (Å²) in [6.45, 7) is 4.38. The highest BCUT2D eigenvalue weighted by Crippen LogP contribution is 2.21. The second-order valence-electron chi connectivity index (χ2n) is 3.11. The van der Waals surface area contributed by atoms with Crippen molar-refractivity contribution in [3.8, 4) is 0 Å². The van der Waals surface area contributed by atoms with Gasteiger partial charge in [-0.3, -0.25) is 0 Å². The second-order valence-corrected chi connectivity index (χ2v) is 5.05. The molecule has 1 nitrogen and oxygen atoms in total. The molecule has 0 fully saturated rings. The Labute approximate surface area is 86.3 Å². The summed E-state index contributed by atoms with van der Waals surface area (Å²) in [5.41, 5.74) is 0. The number of alkyl halides is 1. The number of nitrogens with zero attached hydrogens (tertiary/aromatic N) is 1. The zero-order chi connectivity index (χ0) is 8.97. The van der Waals surface area contributed by atoms with Crippen LogP contribution in [-0.4, -0.2) is 10.3 Å². The SMILES string of the molecule is CC(C)c1ncc(CCCBr)s1. The van der Waals surface area contributed by atoms with Gasteiger partial charge in [0.05, 0.1) is 5.01 Å². The third-order valence-corrected chi connectivity index (χ3v) is 3.54. The molecule has 12 heavy (non-hydrogen) atoms. The highest BCUT2D eigenvalue weighted by molar-refractivity contribution is 9.09. The van der Waals surface area contributed by atoms with Gasteiger partial charge in [-0.05, 0) is 12.8 Å². The standard InChI is InChI=1S/C9H14BrNS/c1-7(2)9-11-6-8(12-9)4-3-5-10/h6-7H,3-5H2,1-2H3. The zero-order valence-corrected chi connectivity index (χ0v) is 9.91. The van der Waals surface area contributed by atoms with Crippen LogP contribution in [0.15, 0.2) is 6.20 Å². The number of aromatic nitrogens is 1. The summed E-state index contributed by atoms with van der Waals surface area (Å²) < 4.78 is 0. The smallest absolute Gasteiger partial charge is 0.0953 e. The Morgan fingerprint density at radius 2 is 2.33 bits per heavy atom. The molecule has 0 atom stereocenters. The van der Waals surface area contributed by atoms with Crippen LogP contribution in [0.1, 0.15) is 36.1 Å². The van der Waals surface area contributed by atoms with E-state index in [1.165, 1.54) is 16.3 Å². The van der Waals surface area contributed by atoms with Gasteiger partial charge in [0.25, 0.3) is 0 Å². The third kappa shape index (κ3) is 2.87. The fraction of sp³-hybridized carbons (Fsp3) is 0.667. The summed E-state index contributed by atoms with van der Waals surface area (Å²) in [6.07, 6.45) is 4.39. The molecule has 0 amide bonds. The van der Waals surface area contributed by atoms with Crippen LogP contribution in [0.4, 0.5) is 0 Å². The van der Waals surface area contributed by atoms with E-state index in [-0.39, 0.29) is 0 Å². The van der Waals surface area contributed by atoms with E-state index in [1.54, 1.807) is 0 Å². The topological polar surface area (TPSA) is 12.9 Å². The molecule has 0 aliphatic carbocycles. The van der Waals surface area contributed by atoms with Crippen LogP contribution in [0.5, 0.6) is 0 Å². The maximum absolute atomic E-state index is 4.37. The largest absolute Gasteiger partial charge is 0.249 e. The van der Waals surface area contributed by atoms with Crippen LogP contribution in [0, 0.1) is 0 Å². The summed E-state index contributed by atoms with van der Waals surface area (Å²) in [7, 11) is 0. The molecular formula is C9H14BrNS. The summed E-state index contributed by atoms with van der Waals surface area (Å²) >= 11 is 5.28. The molecule has 0 aliphatic rings. The Bertz CT molecular complexity index is 232. The van der Waals surface area contributed by atoms with Crippen LogP contribution in [0.2, 0.25) is 0 Å². The Morgan fingerprint density at radius 3 is 2.83 bits per heavy atom. The molecule has 0 unspecified atom stereocenters. The van der Waals surface area contributed by atoms with Gasteiger partial charge in [0, 0.05) is 22.3 Å². The molecule has 0 saturated heterocycles. The number of hydrogen-bond acceptors (Lipinski definition) is 2. The number of aryl methyl sites for hydroxylation is 1. The fourth-order valence-electron chi connectivity index (χ4n) is 0.946. The van der Waals surface area contributed by atoms with Crippen LogP contribution in [0.3, 0.4) is 0 Å². The van der Waals surface area contributed by atoms with Gasteiger partial charge in [0.15, 0.2) is 0 Å². The fourth-order valence-corrected chi connectivity index (χ4v) is 2.19. The highest BCUT2D eigenvalue weighted by atomic mass is 79.9.